The van der Waals surface area contributed by atoms with Crippen LogP contribution in [-0.4, -0.2) is 23.3 Å². The number of esters is 1. The van der Waals surface area contributed by atoms with Gasteiger partial charge in [-0.25, -0.2) is 4.79 Å². The Labute approximate surface area is 157 Å². The van der Waals surface area contributed by atoms with Crippen LogP contribution in [0.5, 0.6) is 0 Å². The number of hydrogen-bond acceptors (Lipinski definition) is 7. The molecule has 0 amide bonds. The predicted molar refractivity (Wildman–Crippen MR) is 102 cm³/mol. The first kappa shape index (κ1) is 18.2. The van der Waals surface area contributed by atoms with Crippen molar-refractivity contribution in [3.63, 3.8) is 0 Å². The van der Waals surface area contributed by atoms with Crippen molar-refractivity contribution in [2.24, 2.45) is 0 Å². The molecule has 1 aromatic carbocycles. The molecule has 0 saturated carbocycles. The third kappa shape index (κ3) is 3.02. The highest BCUT2D eigenvalue weighted by molar-refractivity contribution is 7.40. The van der Waals surface area contributed by atoms with E-state index in [4.69, 9.17) is 4.74 Å². The van der Waals surface area contributed by atoms with Crippen molar-refractivity contribution in [1.29, 1.82) is 0 Å². The van der Waals surface area contributed by atoms with E-state index in [0.717, 1.165) is 20.5 Å². The molecule has 8 heteroatoms. The summed E-state index contributed by atoms with van der Waals surface area (Å²) in [7, 11) is 0. The standard InChI is InChI=1S/C18H15NO5S2/c1-4-24-17(21)16-10(3)13-9(2)15(25-18(13)26-16)14(20)11-6-5-7-12(8-11)19(22)23/h5-8H,4H2,1-3H3. The molecule has 2 heterocycles. The van der Waals surface area contributed by atoms with Gasteiger partial charge in [0.2, 0.25) is 5.78 Å². The topological polar surface area (TPSA) is 86.5 Å². The minimum absolute atomic E-state index is 0.118. The Morgan fingerprint density at radius 2 is 1.81 bits per heavy atom. The summed E-state index contributed by atoms with van der Waals surface area (Å²) in [6, 6.07) is 5.71. The molecule has 0 aliphatic rings. The van der Waals surface area contributed by atoms with Crippen LogP contribution in [0.25, 0.3) is 9.40 Å². The zero-order valence-electron chi connectivity index (χ0n) is 14.3. The van der Waals surface area contributed by atoms with Crippen LogP contribution in [-0.2, 0) is 4.74 Å². The molecule has 0 atom stereocenters. The maximum Gasteiger partial charge on any atom is 0.348 e. The van der Waals surface area contributed by atoms with Gasteiger partial charge in [0.25, 0.3) is 5.69 Å². The summed E-state index contributed by atoms with van der Waals surface area (Å²) in [5, 5.41) is 11.8. The van der Waals surface area contributed by atoms with Crippen molar-refractivity contribution in [2.45, 2.75) is 20.8 Å². The predicted octanol–water partition coefficient (Wildman–Crippen LogP) is 4.90. The average Bonchev–Trinajstić information content (AvgIpc) is 3.12. The van der Waals surface area contributed by atoms with E-state index >= 15 is 0 Å². The van der Waals surface area contributed by atoms with Gasteiger partial charge >= 0.3 is 5.97 Å². The van der Waals surface area contributed by atoms with E-state index in [1.54, 1.807) is 13.0 Å². The molecule has 0 spiro atoms. The van der Waals surface area contributed by atoms with Crippen molar-refractivity contribution >= 4 is 49.5 Å². The van der Waals surface area contributed by atoms with Gasteiger partial charge in [-0.3, -0.25) is 14.9 Å². The molecule has 3 aromatic rings. The van der Waals surface area contributed by atoms with Crippen molar-refractivity contribution < 1.29 is 19.2 Å². The van der Waals surface area contributed by atoms with Crippen LogP contribution in [0.2, 0.25) is 0 Å². The molecular formula is C18H15NO5S2. The Morgan fingerprint density at radius 3 is 2.42 bits per heavy atom. The molecule has 0 bridgehead atoms. The van der Waals surface area contributed by atoms with E-state index in [0.29, 0.717) is 16.4 Å². The number of aryl methyl sites for hydroxylation is 2. The molecule has 3 rings (SSSR count). The van der Waals surface area contributed by atoms with Gasteiger partial charge in [-0.1, -0.05) is 12.1 Å². The highest BCUT2D eigenvalue weighted by Crippen LogP contribution is 2.41. The Kier molecular flexibility index (Phi) is 4.88. The second-order valence-corrected chi connectivity index (χ2v) is 7.93. The van der Waals surface area contributed by atoms with Crippen molar-refractivity contribution in [1.82, 2.24) is 0 Å². The molecule has 2 aromatic heterocycles. The van der Waals surface area contributed by atoms with Crippen molar-refractivity contribution in [3.05, 3.63) is 60.8 Å². The van der Waals surface area contributed by atoms with Gasteiger partial charge in [0.05, 0.1) is 20.4 Å². The Hall–Kier alpha value is -2.58. The Balaban J connectivity index is 2.05. The molecule has 6 nitrogen and oxygen atoms in total. The van der Waals surface area contributed by atoms with E-state index in [1.807, 2.05) is 13.8 Å². The van der Waals surface area contributed by atoms with E-state index in [-0.39, 0.29) is 23.0 Å². The Bertz CT molecular complexity index is 1050. The van der Waals surface area contributed by atoms with Gasteiger partial charge < -0.3 is 4.74 Å². The molecule has 0 unspecified atom stereocenters. The minimum Gasteiger partial charge on any atom is -0.462 e. The number of rotatable bonds is 5. The van der Waals surface area contributed by atoms with Crippen LogP contribution in [0, 0.1) is 24.0 Å². The summed E-state index contributed by atoms with van der Waals surface area (Å²) in [4.78, 5) is 36.4. The number of non-ortho nitro benzene ring substituents is 1. The third-order valence-corrected chi connectivity index (χ3v) is 6.66. The zero-order chi connectivity index (χ0) is 19.0. The van der Waals surface area contributed by atoms with Crippen LogP contribution >= 0.6 is 22.7 Å². The van der Waals surface area contributed by atoms with E-state index < -0.39 is 4.92 Å². The summed E-state index contributed by atoms with van der Waals surface area (Å²) < 4.78 is 5.95. The lowest BCUT2D eigenvalue weighted by Crippen LogP contribution is -2.04. The molecule has 0 saturated heterocycles. The molecule has 0 fully saturated rings. The first-order valence-corrected chi connectivity index (χ1v) is 9.47. The van der Waals surface area contributed by atoms with Crippen LogP contribution in [0.15, 0.2) is 24.3 Å². The number of nitrogens with zero attached hydrogens (tertiary/aromatic N) is 1. The highest BCUT2D eigenvalue weighted by atomic mass is 32.2. The summed E-state index contributed by atoms with van der Waals surface area (Å²) in [5.41, 5.74) is 1.74. The number of hydrogen-bond donors (Lipinski definition) is 0. The smallest absolute Gasteiger partial charge is 0.348 e. The summed E-state index contributed by atoms with van der Waals surface area (Å²) in [6.45, 7) is 5.73. The van der Waals surface area contributed by atoms with Gasteiger partial charge in [0, 0.05) is 23.1 Å². The van der Waals surface area contributed by atoms with Crippen LogP contribution < -0.4 is 0 Å². The number of benzene rings is 1. The number of ketones is 1. The zero-order valence-corrected chi connectivity index (χ0v) is 16.0. The molecule has 0 aliphatic carbocycles. The maximum absolute atomic E-state index is 12.8. The van der Waals surface area contributed by atoms with Crippen LogP contribution in [0.4, 0.5) is 5.69 Å². The van der Waals surface area contributed by atoms with Gasteiger partial charge in [0.1, 0.15) is 4.88 Å². The summed E-state index contributed by atoms with van der Waals surface area (Å²) in [5.74, 6) is -0.610. The number of fused-ring (bicyclic) bond motifs is 1. The lowest BCUT2D eigenvalue weighted by atomic mass is 10.0. The van der Waals surface area contributed by atoms with Crippen LogP contribution in [0.3, 0.4) is 0 Å². The second-order valence-electron chi connectivity index (χ2n) is 5.63. The lowest BCUT2D eigenvalue weighted by molar-refractivity contribution is -0.384. The first-order chi connectivity index (χ1) is 12.3. The molecule has 0 radical (unpaired) electrons. The number of nitro benzene ring substituents is 1. The quantitative estimate of drug-likeness (QED) is 0.268. The SMILES string of the molecule is CCOC(=O)c1sc2sc(C(=O)c3cccc([N+](=O)[O-])c3)c(C)c2c1C. The van der Waals surface area contributed by atoms with E-state index in [2.05, 4.69) is 0 Å². The first-order valence-electron chi connectivity index (χ1n) is 7.83. The fourth-order valence-corrected chi connectivity index (χ4v) is 5.49. The number of thiophene rings is 2. The molecule has 26 heavy (non-hydrogen) atoms. The van der Waals surface area contributed by atoms with Gasteiger partial charge in [-0.05, 0) is 31.9 Å². The van der Waals surface area contributed by atoms with Crippen molar-refractivity contribution in [2.75, 3.05) is 6.61 Å². The van der Waals surface area contributed by atoms with Crippen molar-refractivity contribution in [3.8, 4) is 0 Å². The van der Waals surface area contributed by atoms with Crippen LogP contribution in [0.1, 0.15) is 43.0 Å². The molecular weight excluding hydrogens is 374 g/mol. The molecule has 134 valence electrons. The number of nitro groups is 1. The van der Waals surface area contributed by atoms with Gasteiger partial charge in [-0.2, -0.15) is 0 Å². The second kappa shape index (κ2) is 6.97. The number of carbonyl (C=O) groups is 2. The largest absolute Gasteiger partial charge is 0.462 e. The van der Waals surface area contributed by atoms with Gasteiger partial charge in [0.15, 0.2) is 0 Å². The van der Waals surface area contributed by atoms with E-state index in [1.165, 1.54) is 40.9 Å². The van der Waals surface area contributed by atoms with Gasteiger partial charge in [-0.15, -0.1) is 22.7 Å². The fraction of sp³-hybridized carbons (Fsp3) is 0.222. The number of carbonyl (C=O) groups excluding carboxylic acids is 2. The highest BCUT2D eigenvalue weighted by Gasteiger charge is 2.25. The normalized spacial score (nSPS) is 10.9. The number of ether oxygens (including phenoxy) is 1. The van der Waals surface area contributed by atoms with E-state index in [9.17, 15) is 19.7 Å². The molecule has 0 aliphatic heterocycles. The molecule has 0 N–H and O–H groups in total. The lowest BCUT2D eigenvalue weighted by Gasteiger charge is -2.02. The third-order valence-electron chi connectivity index (χ3n) is 4.01. The summed E-state index contributed by atoms with van der Waals surface area (Å²) in [6.07, 6.45) is 0. The monoisotopic (exact) mass is 389 g/mol. The Morgan fingerprint density at radius 1 is 1.15 bits per heavy atom. The minimum atomic E-state index is -0.521. The fourth-order valence-electron chi connectivity index (χ4n) is 2.78. The average molecular weight is 389 g/mol. The maximum atomic E-state index is 12.8. The summed E-state index contributed by atoms with van der Waals surface area (Å²) >= 11 is 2.61.